The minimum absolute atomic E-state index is 0.215. The molecule has 4 heterocycles. The van der Waals surface area contributed by atoms with Crippen LogP contribution >= 0.6 is 0 Å². The zero-order valence-electron chi connectivity index (χ0n) is 11.8. The van der Waals surface area contributed by atoms with Gasteiger partial charge in [0.1, 0.15) is 0 Å². The van der Waals surface area contributed by atoms with E-state index in [1.54, 1.807) is 24.8 Å². The molecule has 7 nitrogen and oxygen atoms in total. The van der Waals surface area contributed by atoms with E-state index in [-0.39, 0.29) is 5.92 Å². The van der Waals surface area contributed by atoms with Gasteiger partial charge in [-0.05, 0) is 24.6 Å². The fourth-order valence-electron chi connectivity index (χ4n) is 2.61. The van der Waals surface area contributed by atoms with E-state index in [4.69, 9.17) is 4.42 Å². The van der Waals surface area contributed by atoms with Crippen molar-refractivity contribution in [2.45, 2.75) is 12.3 Å². The van der Waals surface area contributed by atoms with Crippen molar-refractivity contribution in [3.05, 3.63) is 48.9 Å². The molecule has 0 saturated carbocycles. The van der Waals surface area contributed by atoms with Gasteiger partial charge >= 0.3 is 0 Å². The van der Waals surface area contributed by atoms with E-state index >= 15 is 0 Å². The average molecular weight is 294 g/mol. The molecule has 3 aromatic heterocycles. The van der Waals surface area contributed by atoms with Gasteiger partial charge in [0, 0.05) is 43.4 Å². The van der Waals surface area contributed by atoms with E-state index < -0.39 is 0 Å². The Morgan fingerprint density at radius 1 is 1.05 bits per heavy atom. The molecule has 0 aromatic carbocycles. The van der Waals surface area contributed by atoms with Crippen molar-refractivity contribution < 1.29 is 4.42 Å². The molecule has 0 radical (unpaired) electrons. The zero-order chi connectivity index (χ0) is 14.8. The third kappa shape index (κ3) is 2.41. The maximum absolute atomic E-state index is 5.82. The van der Waals surface area contributed by atoms with Crippen molar-refractivity contribution in [2.24, 2.45) is 0 Å². The van der Waals surface area contributed by atoms with Crippen molar-refractivity contribution >= 4 is 5.95 Å². The van der Waals surface area contributed by atoms with Crippen LogP contribution in [-0.2, 0) is 0 Å². The van der Waals surface area contributed by atoms with Gasteiger partial charge in [-0.3, -0.25) is 4.98 Å². The van der Waals surface area contributed by atoms with Crippen molar-refractivity contribution in [1.29, 1.82) is 0 Å². The van der Waals surface area contributed by atoms with E-state index in [9.17, 15) is 0 Å². The number of anilines is 1. The summed E-state index contributed by atoms with van der Waals surface area (Å²) in [5.74, 6) is 2.17. The fourth-order valence-corrected chi connectivity index (χ4v) is 2.61. The number of nitrogens with zero attached hydrogens (tertiary/aromatic N) is 6. The first-order valence-electron chi connectivity index (χ1n) is 7.16. The highest BCUT2D eigenvalue weighted by atomic mass is 16.4. The zero-order valence-corrected chi connectivity index (χ0v) is 11.8. The van der Waals surface area contributed by atoms with E-state index in [0.717, 1.165) is 31.0 Å². The Morgan fingerprint density at radius 3 is 2.68 bits per heavy atom. The van der Waals surface area contributed by atoms with Crippen LogP contribution in [0.5, 0.6) is 0 Å². The molecule has 0 amide bonds. The second kappa shape index (κ2) is 5.51. The lowest BCUT2D eigenvalue weighted by Gasteiger charge is -2.14. The Bertz CT molecular complexity index is 745. The second-order valence-electron chi connectivity index (χ2n) is 5.16. The molecule has 1 aliphatic rings. The van der Waals surface area contributed by atoms with Crippen LogP contribution in [0.3, 0.4) is 0 Å². The van der Waals surface area contributed by atoms with Crippen LogP contribution < -0.4 is 4.90 Å². The Morgan fingerprint density at radius 2 is 1.86 bits per heavy atom. The first-order valence-corrected chi connectivity index (χ1v) is 7.16. The van der Waals surface area contributed by atoms with Crippen LogP contribution in [0.1, 0.15) is 18.2 Å². The monoisotopic (exact) mass is 294 g/mol. The Balaban J connectivity index is 1.51. The van der Waals surface area contributed by atoms with E-state index in [2.05, 4.69) is 30.0 Å². The maximum atomic E-state index is 5.82. The summed E-state index contributed by atoms with van der Waals surface area (Å²) in [4.78, 5) is 14.7. The van der Waals surface area contributed by atoms with Gasteiger partial charge in [0.25, 0.3) is 0 Å². The predicted octanol–water partition coefficient (Wildman–Crippen LogP) is 1.92. The molecule has 0 bridgehead atoms. The van der Waals surface area contributed by atoms with E-state index in [0.29, 0.717) is 11.8 Å². The SMILES string of the molecule is c1cnc(N2CC[C@H](c3nnc(-c4ccncc4)o3)C2)nc1. The molecular weight excluding hydrogens is 280 g/mol. The molecular formula is C15H14N6O. The highest BCUT2D eigenvalue weighted by molar-refractivity contribution is 5.50. The molecule has 22 heavy (non-hydrogen) atoms. The van der Waals surface area contributed by atoms with Crippen LogP contribution in [0.2, 0.25) is 0 Å². The summed E-state index contributed by atoms with van der Waals surface area (Å²) < 4.78 is 5.82. The summed E-state index contributed by atoms with van der Waals surface area (Å²) in [5.41, 5.74) is 0.884. The van der Waals surface area contributed by atoms with Gasteiger partial charge < -0.3 is 9.32 Å². The Hall–Kier alpha value is -2.83. The highest BCUT2D eigenvalue weighted by Crippen LogP contribution is 2.29. The first-order chi connectivity index (χ1) is 10.9. The van der Waals surface area contributed by atoms with Gasteiger partial charge in [0.2, 0.25) is 17.7 Å². The lowest BCUT2D eigenvalue weighted by Crippen LogP contribution is -2.21. The molecule has 7 heteroatoms. The predicted molar refractivity (Wildman–Crippen MR) is 79.1 cm³/mol. The minimum atomic E-state index is 0.215. The fraction of sp³-hybridized carbons (Fsp3) is 0.267. The van der Waals surface area contributed by atoms with Crippen LogP contribution in [0.15, 0.2) is 47.4 Å². The Kier molecular flexibility index (Phi) is 3.23. The lowest BCUT2D eigenvalue weighted by atomic mass is 10.1. The summed E-state index contributed by atoms with van der Waals surface area (Å²) >= 11 is 0. The van der Waals surface area contributed by atoms with Gasteiger partial charge in [-0.25, -0.2) is 9.97 Å². The molecule has 1 aliphatic heterocycles. The number of rotatable bonds is 3. The summed E-state index contributed by atoms with van der Waals surface area (Å²) in [5, 5.41) is 8.33. The van der Waals surface area contributed by atoms with Gasteiger partial charge in [0.15, 0.2) is 0 Å². The molecule has 1 atom stereocenters. The molecule has 0 spiro atoms. The second-order valence-corrected chi connectivity index (χ2v) is 5.16. The molecule has 4 rings (SSSR count). The molecule has 3 aromatic rings. The summed E-state index contributed by atoms with van der Waals surface area (Å²) in [6.07, 6.45) is 7.89. The standard InChI is InChI=1S/C15H14N6O/c1-5-17-15(18-6-1)21-9-4-12(10-21)14-20-19-13(22-14)11-2-7-16-8-3-11/h1-3,5-8,12H,4,9-10H2/t12-/m0/s1. The largest absolute Gasteiger partial charge is 0.420 e. The van der Waals surface area contributed by atoms with Crippen LogP contribution in [0.25, 0.3) is 11.5 Å². The summed E-state index contributed by atoms with van der Waals surface area (Å²) in [6, 6.07) is 5.53. The quantitative estimate of drug-likeness (QED) is 0.729. The minimum Gasteiger partial charge on any atom is -0.420 e. The Labute approximate surface area is 127 Å². The smallest absolute Gasteiger partial charge is 0.247 e. The van der Waals surface area contributed by atoms with Crippen molar-refractivity contribution in [2.75, 3.05) is 18.0 Å². The van der Waals surface area contributed by atoms with Crippen LogP contribution in [0.4, 0.5) is 5.95 Å². The van der Waals surface area contributed by atoms with E-state index in [1.165, 1.54) is 0 Å². The molecule has 1 saturated heterocycles. The number of hydrogen-bond donors (Lipinski definition) is 0. The third-order valence-electron chi connectivity index (χ3n) is 3.74. The van der Waals surface area contributed by atoms with E-state index in [1.807, 2.05) is 18.2 Å². The van der Waals surface area contributed by atoms with Gasteiger partial charge in [-0.15, -0.1) is 10.2 Å². The maximum Gasteiger partial charge on any atom is 0.247 e. The number of hydrogen-bond acceptors (Lipinski definition) is 7. The van der Waals surface area contributed by atoms with Gasteiger partial charge in [0.05, 0.1) is 5.92 Å². The van der Waals surface area contributed by atoms with Crippen molar-refractivity contribution in [3.63, 3.8) is 0 Å². The normalized spacial score (nSPS) is 17.8. The lowest BCUT2D eigenvalue weighted by molar-refractivity contribution is 0.468. The van der Waals surface area contributed by atoms with Crippen molar-refractivity contribution in [3.8, 4) is 11.5 Å². The van der Waals surface area contributed by atoms with Crippen LogP contribution in [-0.4, -0.2) is 38.2 Å². The highest BCUT2D eigenvalue weighted by Gasteiger charge is 2.29. The number of pyridine rings is 1. The number of aromatic nitrogens is 5. The molecule has 110 valence electrons. The van der Waals surface area contributed by atoms with Crippen molar-refractivity contribution in [1.82, 2.24) is 25.1 Å². The van der Waals surface area contributed by atoms with Gasteiger partial charge in [-0.1, -0.05) is 0 Å². The molecule has 0 aliphatic carbocycles. The average Bonchev–Trinajstić information content (AvgIpc) is 3.26. The topological polar surface area (TPSA) is 80.8 Å². The molecule has 0 N–H and O–H groups in total. The molecule has 0 unspecified atom stereocenters. The summed E-state index contributed by atoms with van der Waals surface area (Å²) in [7, 11) is 0. The third-order valence-corrected chi connectivity index (χ3v) is 3.74. The van der Waals surface area contributed by atoms with Crippen LogP contribution in [0, 0.1) is 0 Å². The van der Waals surface area contributed by atoms with Gasteiger partial charge in [-0.2, -0.15) is 0 Å². The molecule has 1 fully saturated rings. The first kappa shape index (κ1) is 12.9. The summed E-state index contributed by atoms with van der Waals surface area (Å²) in [6.45, 7) is 1.68.